The highest BCUT2D eigenvalue weighted by Gasteiger charge is 2.29. The van der Waals surface area contributed by atoms with Crippen molar-refractivity contribution in [2.45, 2.75) is 44.8 Å². The SMILES string of the molecule is CC(C)(C)c1ccc2c(c1)C(O)C(N)C2. The summed E-state index contributed by atoms with van der Waals surface area (Å²) in [5.41, 5.74) is 9.44. The van der Waals surface area contributed by atoms with E-state index in [0.717, 1.165) is 12.0 Å². The van der Waals surface area contributed by atoms with Crippen LogP contribution in [0.5, 0.6) is 0 Å². The molecule has 0 saturated heterocycles. The first-order chi connectivity index (χ1) is 6.89. The Balaban J connectivity index is 2.44. The fourth-order valence-corrected chi connectivity index (χ4v) is 2.12. The molecule has 0 spiro atoms. The molecule has 0 aromatic heterocycles. The van der Waals surface area contributed by atoms with Crippen molar-refractivity contribution < 1.29 is 5.11 Å². The molecular weight excluding hydrogens is 186 g/mol. The summed E-state index contributed by atoms with van der Waals surface area (Å²) in [5.74, 6) is 0. The van der Waals surface area contributed by atoms with Crippen molar-refractivity contribution in [3.63, 3.8) is 0 Å². The Morgan fingerprint density at radius 1 is 1.33 bits per heavy atom. The number of benzene rings is 1. The maximum atomic E-state index is 9.92. The normalized spacial score (nSPS) is 25.4. The summed E-state index contributed by atoms with van der Waals surface area (Å²) >= 11 is 0. The molecule has 2 atom stereocenters. The van der Waals surface area contributed by atoms with Gasteiger partial charge in [0.1, 0.15) is 0 Å². The summed E-state index contributed by atoms with van der Waals surface area (Å²) in [7, 11) is 0. The minimum Gasteiger partial charge on any atom is -0.387 e. The van der Waals surface area contributed by atoms with Gasteiger partial charge in [0.25, 0.3) is 0 Å². The monoisotopic (exact) mass is 205 g/mol. The lowest BCUT2D eigenvalue weighted by atomic mass is 9.85. The average Bonchev–Trinajstić information content (AvgIpc) is 2.41. The third-order valence-corrected chi connectivity index (χ3v) is 3.19. The molecule has 82 valence electrons. The molecule has 1 aromatic carbocycles. The molecule has 1 aliphatic rings. The van der Waals surface area contributed by atoms with Crippen molar-refractivity contribution >= 4 is 0 Å². The van der Waals surface area contributed by atoms with Gasteiger partial charge in [0, 0.05) is 6.04 Å². The van der Waals surface area contributed by atoms with E-state index in [2.05, 4.69) is 39.0 Å². The van der Waals surface area contributed by atoms with Crippen LogP contribution in [0, 0.1) is 0 Å². The van der Waals surface area contributed by atoms with Crippen LogP contribution in [0.3, 0.4) is 0 Å². The molecule has 2 unspecified atom stereocenters. The molecule has 0 radical (unpaired) electrons. The van der Waals surface area contributed by atoms with E-state index in [9.17, 15) is 5.11 Å². The first-order valence-electron chi connectivity index (χ1n) is 5.46. The Labute approximate surface area is 91.1 Å². The molecule has 0 saturated carbocycles. The number of fused-ring (bicyclic) bond motifs is 1. The summed E-state index contributed by atoms with van der Waals surface area (Å²) in [6.07, 6.45) is 0.309. The van der Waals surface area contributed by atoms with E-state index in [4.69, 9.17) is 5.73 Å². The van der Waals surface area contributed by atoms with Crippen molar-refractivity contribution in [1.29, 1.82) is 0 Å². The molecule has 1 aromatic rings. The van der Waals surface area contributed by atoms with Crippen molar-refractivity contribution in [2.24, 2.45) is 5.73 Å². The number of aliphatic hydroxyl groups excluding tert-OH is 1. The lowest BCUT2D eigenvalue weighted by molar-refractivity contribution is 0.159. The second kappa shape index (κ2) is 3.32. The van der Waals surface area contributed by atoms with Crippen LogP contribution < -0.4 is 5.73 Å². The molecule has 2 nitrogen and oxygen atoms in total. The van der Waals surface area contributed by atoms with Gasteiger partial charge in [-0.25, -0.2) is 0 Å². The Hall–Kier alpha value is -0.860. The zero-order chi connectivity index (χ0) is 11.2. The van der Waals surface area contributed by atoms with Gasteiger partial charge in [0.15, 0.2) is 0 Å². The van der Waals surface area contributed by atoms with Crippen molar-refractivity contribution in [2.75, 3.05) is 0 Å². The number of nitrogens with two attached hydrogens (primary N) is 1. The average molecular weight is 205 g/mol. The Bertz CT molecular complexity index is 379. The zero-order valence-electron chi connectivity index (χ0n) is 9.62. The van der Waals surface area contributed by atoms with Gasteiger partial charge in [-0.15, -0.1) is 0 Å². The van der Waals surface area contributed by atoms with E-state index in [1.54, 1.807) is 0 Å². The maximum Gasteiger partial charge on any atom is 0.0946 e. The third-order valence-electron chi connectivity index (χ3n) is 3.19. The smallest absolute Gasteiger partial charge is 0.0946 e. The highest BCUT2D eigenvalue weighted by molar-refractivity contribution is 5.41. The van der Waals surface area contributed by atoms with E-state index in [1.165, 1.54) is 11.1 Å². The molecular formula is C13H19NO. The van der Waals surface area contributed by atoms with Crippen LogP contribution in [0.25, 0.3) is 0 Å². The first kappa shape index (κ1) is 10.7. The standard InChI is InChI=1S/C13H19NO/c1-13(2,3)9-5-4-8-6-11(14)12(15)10(8)7-9/h4-5,7,11-12,15H,6,14H2,1-3H3. The van der Waals surface area contributed by atoms with E-state index in [-0.39, 0.29) is 11.5 Å². The number of hydrogen-bond acceptors (Lipinski definition) is 2. The Morgan fingerprint density at radius 2 is 2.00 bits per heavy atom. The summed E-state index contributed by atoms with van der Waals surface area (Å²) < 4.78 is 0. The molecule has 0 heterocycles. The van der Waals surface area contributed by atoms with Crippen LogP contribution in [0.4, 0.5) is 0 Å². The second-order valence-electron chi connectivity index (χ2n) is 5.48. The van der Waals surface area contributed by atoms with Gasteiger partial charge in [-0.1, -0.05) is 39.0 Å². The molecule has 1 aliphatic carbocycles. The van der Waals surface area contributed by atoms with Crippen LogP contribution in [0.1, 0.15) is 43.6 Å². The third kappa shape index (κ3) is 1.80. The largest absolute Gasteiger partial charge is 0.387 e. The second-order valence-corrected chi connectivity index (χ2v) is 5.48. The topological polar surface area (TPSA) is 46.2 Å². The predicted molar refractivity (Wildman–Crippen MR) is 61.8 cm³/mol. The van der Waals surface area contributed by atoms with Gasteiger partial charge in [-0.3, -0.25) is 0 Å². The van der Waals surface area contributed by atoms with E-state index in [1.807, 2.05) is 0 Å². The summed E-state index contributed by atoms with van der Waals surface area (Å²) in [6.45, 7) is 6.53. The summed E-state index contributed by atoms with van der Waals surface area (Å²) in [6, 6.07) is 6.22. The molecule has 2 rings (SSSR count). The van der Waals surface area contributed by atoms with Crippen LogP contribution >= 0.6 is 0 Å². The lowest BCUT2D eigenvalue weighted by Gasteiger charge is -2.20. The van der Waals surface area contributed by atoms with Gasteiger partial charge in [-0.2, -0.15) is 0 Å². The molecule has 3 N–H and O–H groups in total. The number of hydrogen-bond donors (Lipinski definition) is 2. The fraction of sp³-hybridized carbons (Fsp3) is 0.538. The highest BCUT2D eigenvalue weighted by Crippen LogP contribution is 2.33. The Kier molecular flexibility index (Phi) is 2.36. The first-order valence-corrected chi connectivity index (χ1v) is 5.46. The van der Waals surface area contributed by atoms with Crippen LogP contribution in [0.2, 0.25) is 0 Å². The maximum absolute atomic E-state index is 9.92. The van der Waals surface area contributed by atoms with Crippen LogP contribution in [-0.4, -0.2) is 11.1 Å². The molecule has 0 bridgehead atoms. The number of rotatable bonds is 0. The van der Waals surface area contributed by atoms with Crippen molar-refractivity contribution in [3.05, 3.63) is 34.9 Å². The van der Waals surface area contributed by atoms with E-state index < -0.39 is 6.10 Å². The number of aliphatic hydroxyl groups is 1. The predicted octanol–water partition coefficient (Wildman–Crippen LogP) is 1.90. The van der Waals surface area contributed by atoms with Crippen LogP contribution in [0.15, 0.2) is 18.2 Å². The zero-order valence-corrected chi connectivity index (χ0v) is 9.62. The van der Waals surface area contributed by atoms with E-state index in [0.29, 0.717) is 0 Å². The molecule has 0 aliphatic heterocycles. The van der Waals surface area contributed by atoms with Gasteiger partial charge < -0.3 is 10.8 Å². The Morgan fingerprint density at radius 3 is 2.60 bits per heavy atom. The summed E-state index contributed by atoms with van der Waals surface area (Å²) in [4.78, 5) is 0. The van der Waals surface area contributed by atoms with Crippen LogP contribution in [-0.2, 0) is 11.8 Å². The molecule has 0 fully saturated rings. The van der Waals surface area contributed by atoms with Gasteiger partial charge >= 0.3 is 0 Å². The minimum absolute atomic E-state index is 0.126. The van der Waals surface area contributed by atoms with Gasteiger partial charge in [-0.05, 0) is 28.5 Å². The molecule has 2 heteroatoms. The highest BCUT2D eigenvalue weighted by atomic mass is 16.3. The van der Waals surface area contributed by atoms with Gasteiger partial charge in [0.05, 0.1) is 6.10 Å². The van der Waals surface area contributed by atoms with Crippen molar-refractivity contribution in [3.8, 4) is 0 Å². The van der Waals surface area contributed by atoms with Crippen molar-refractivity contribution in [1.82, 2.24) is 0 Å². The van der Waals surface area contributed by atoms with Gasteiger partial charge in [0.2, 0.25) is 0 Å². The van der Waals surface area contributed by atoms with E-state index >= 15 is 0 Å². The molecule has 0 amide bonds. The fourth-order valence-electron chi connectivity index (χ4n) is 2.12. The lowest BCUT2D eigenvalue weighted by Crippen LogP contribution is -2.24. The quantitative estimate of drug-likeness (QED) is 0.679. The summed E-state index contributed by atoms with van der Waals surface area (Å²) in [5, 5.41) is 9.92. The minimum atomic E-state index is -0.484. The molecule has 15 heavy (non-hydrogen) atoms.